The lowest BCUT2D eigenvalue weighted by molar-refractivity contribution is -0.119. The minimum Gasteiger partial charge on any atom is -0.459 e. The molecule has 26 heavy (non-hydrogen) atoms. The predicted octanol–water partition coefficient (Wildman–Crippen LogP) is 1.96. The van der Waals surface area contributed by atoms with Crippen molar-refractivity contribution in [3.8, 4) is 0 Å². The summed E-state index contributed by atoms with van der Waals surface area (Å²) in [4.78, 5) is 14.7. The number of rotatable bonds is 4. The van der Waals surface area contributed by atoms with Gasteiger partial charge in [0.15, 0.2) is 5.76 Å². The number of aryl methyl sites for hydroxylation is 1. The molecule has 0 unspecified atom stereocenters. The molecule has 0 aromatic carbocycles. The van der Waals surface area contributed by atoms with Gasteiger partial charge in [-0.15, -0.1) is 0 Å². The van der Waals surface area contributed by atoms with Crippen molar-refractivity contribution in [2.45, 2.75) is 43.9 Å². The Kier molecular flexibility index (Phi) is 4.82. The molecule has 4 heterocycles. The van der Waals surface area contributed by atoms with Gasteiger partial charge in [0, 0.05) is 45.5 Å². The molecule has 0 radical (unpaired) electrons. The SMILES string of the molecule is Cn1nccc1CN1CCC2(CC1)C[C@@H](NC(=O)c1ccco1)CCO2. The Balaban J connectivity index is 1.31. The van der Waals surface area contributed by atoms with E-state index in [1.165, 1.54) is 12.0 Å². The van der Waals surface area contributed by atoms with Crippen LogP contribution < -0.4 is 5.32 Å². The van der Waals surface area contributed by atoms with E-state index in [9.17, 15) is 4.79 Å². The number of carbonyl (C=O) groups excluding carboxylic acids is 1. The van der Waals surface area contributed by atoms with E-state index in [1.54, 1.807) is 12.1 Å². The molecule has 1 amide bonds. The van der Waals surface area contributed by atoms with Crippen LogP contribution in [-0.2, 0) is 18.3 Å². The van der Waals surface area contributed by atoms with Crippen molar-refractivity contribution in [2.75, 3.05) is 19.7 Å². The maximum Gasteiger partial charge on any atom is 0.287 e. The lowest BCUT2D eigenvalue weighted by atomic mass is 9.82. The molecule has 0 aliphatic carbocycles. The predicted molar refractivity (Wildman–Crippen MR) is 95.6 cm³/mol. The molecule has 1 atom stereocenters. The number of nitrogens with one attached hydrogen (secondary N) is 1. The molecule has 0 saturated carbocycles. The molecule has 2 aromatic heterocycles. The Morgan fingerprint density at radius 1 is 1.38 bits per heavy atom. The van der Waals surface area contributed by atoms with Gasteiger partial charge < -0.3 is 14.5 Å². The van der Waals surface area contributed by atoms with E-state index in [0.717, 1.165) is 45.3 Å². The molecule has 7 nitrogen and oxygen atoms in total. The fraction of sp³-hybridized carbons (Fsp3) is 0.579. The maximum atomic E-state index is 12.2. The van der Waals surface area contributed by atoms with Crippen molar-refractivity contribution in [1.82, 2.24) is 20.0 Å². The minimum absolute atomic E-state index is 0.109. The average Bonchev–Trinajstić information content (AvgIpc) is 3.30. The molecule has 2 aliphatic rings. The lowest BCUT2D eigenvalue weighted by Gasteiger charge is -2.46. The Bertz CT molecular complexity index is 732. The molecular weight excluding hydrogens is 332 g/mol. The first-order valence-electron chi connectivity index (χ1n) is 9.31. The quantitative estimate of drug-likeness (QED) is 0.904. The van der Waals surface area contributed by atoms with Crippen LogP contribution in [0, 0.1) is 0 Å². The van der Waals surface area contributed by atoms with Gasteiger partial charge in [-0.05, 0) is 43.9 Å². The normalized spacial score (nSPS) is 23.2. The van der Waals surface area contributed by atoms with Crippen molar-refractivity contribution >= 4 is 5.91 Å². The number of carbonyl (C=O) groups is 1. The third-order valence-corrected chi connectivity index (χ3v) is 5.65. The van der Waals surface area contributed by atoms with Crippen LogP contribution in [0.3, 0.4) is 0 Å². The molecular formula is C19H26N4O3. The van der Waals surface area contributed by atoms with E-state index in [2.05, 4.69) is 21.4 Å². The van der Waals surface area contributed by atoms with Gasteiger partial charge in [-0.3, -0.25) is 14.4 Å². The lowest BCUT2D eigenvalue weighted by Crippen LogP contribution is -2.53. The Morgan fingerprint density at radius 3 is 2.92 bits per heavy atom. The fourth-order valence-electron chi connectivity index (χ4n) is 4.07. The van der Waals surface area contributed by atoms with Crippen molar-refractivity contribution in [3.05, 3.63) is 42.1 Å². The van der Waals surface area contributed by atoms with Crippen LogP contribution >= 0.6 is 0 Å². The van der Waals surface area contributed by atoms with E-state index in [1.807, 2.05) is 17.9 Å². The third-order valence-electron chi connectivity index (χ3n) is 5.65. The number of hydrogen-bond donors (Lipinski definition) is 1. The smallest absolute Gasteiger partial charge is 0.287 e. The zero-order valence-electron chi connectivity index (χ0n) is 15.2. The first-order valence-corrected chi connectivity index (χ1v) is 9.31. The first-order chi connectivity index (χ1) is 12.6. The van der Waals surface area contributed by atoms with E-state index >= 15 is 0 Å². The van der Waals surface area contributed by atoms with Crippen LogP contribution in [0.4, 0.5) is 0 Å². The fourth-order valence-corrected chi connectivity index (χ4v) is 4.07. The highest BCUT2D eigenvalue weighted by Crippen LogP contribution is 2.35. The summed E-state index contributed by atoms with van der Waals surface area (Å²) in [5.74, 6) is 0.238. The second kappa shape index (κ2) is 7.25. The molecule has 0 bridgehead atoms. The van der Waals surface area contributed by atoms with Gasteiger partial charge in [-0.1, -0.05) is 0 Å². The minimum atomic E-state index is -0.134. The third kappa shape index (κ3) is 3.68. The number of nitrogens with zero attached hydrogens (tertiary/aromatic N) is 3. The Labute approximate surface area is 153 Å². The van der Waals surface area contributed by atoms with Gasteiger partial charge in [-0.25, -0.2) is 0 Å². The standard InChI is InChI=1S/C19H26N4O3/c1-22-16(4-8-20-22)14-23-9-6-19(7-10-23)13-15(5-12-26-19)21-18(24)17-3-2-11-25-17/h2-4,8,11,15H,5-7,9-10,12-14H2,1H3,(H,21,24)/t15-/m0/s1. The molecule has 2 fully saturated rings. The molecule has 4 rings (SSSR count). The van der Waals surface area contributed by atoms with E-state index in [-0.39, 0.29) is 17.6 Å². The molecule has 2 aromatic rings. The zero-order chi connectivity index (χ0) is 18.0. The van der Waals surface area contributed by atoms with Gasteiger partial charge in [0.05, 0.1) is 17.6 Å². The maximum absolute atomic E-state index is 12.2. The van der Waals surface area contributed by atoms with Crippen LogP contribution in [0.15, 0.2) is 35.1 Å². The number of aromatic nitrogens is 2. The summed E-state index contributed by atoms with van der Waals surface area (Å²) in [6.45, 7) is 3.63. The van der Waals surface area contributed by atoms with Gasteiger partial charge in [0.2, 0.25) is 0 Å². The number of piperidine rings is 1. The summed E-state index contributed by atoms with van der Waals surface area (Å²) >= 11 is 0. The average molecular weight is 358 g/mol. The zero-order valence-corrected chi connectivity index (χ0v) is 15.2. The summed E-state index contributed by atoms with van der Waals surface area (Å²) < 4.78 is 13.3. The Hall–Kier alpha value is -2.12. The highest BCUT2D eigenvalue weighted by atomic mass is 16.5. The topological polar surface area (TPSA) is 72.5 Å². The van der Waals surface area contributed by atoms with Crippen molar-refractivity contribution < 1.29 is 13.9 Å². The first kappa shape index (κ1) is 17.3. The van der Waals surface area contributed by atoms with Crippen LogP contribution in [0.2, 0.25) is 0 Å². The van der Waals surface area contributed by atoms with E-state index in [0.29, 0.717) is 12.4 Å². The van der Waals surface area contributed by atoms with Crippen LogP contribution in [-0.4, -0.2) is 51.9 Å². The molecule has 1 spiro atoms. The summed E-state index contributed by atoms with van der Waals surface area (Å²) in [6.07, 6.45) is 7.09. The Morgan fingerprint density at radius 2 is 2.23 bits per heavy atom. The van der Waals surface area contributed by atoms with Crippen LogP contribution in [0.1, 0.15) is 41.9 Å². The summed E-state index contributed by atoms with van der Waals surface area (Å²) in [6, 6.07) is 5.64. The van der Waals surface area contributed by atoms with Crippen molar-refractivity contribution in [1.29, 1.82) is 0 Å². The molecule has 2 aliphatic heterocycles. The number of ether oxygens (including phenoxy) is 1. The van der Waals surface area contributed by atoms with Gasteiger partial charge in [-0.2, -0.15) is 5.10 Å². The summed E-state index contributed by atoms with van der Waals surface area (Å²) in [5, 5.41) is 7.35. The monoisotopic (exact) mass is 358 g/mol. The summed E-state index contributed by atoms with van der Waals surface area (Å²) in [7, 11) is 1.98. The van der Waals surface area contributed by atoms with Crippen LogP contribution in [0.25, 0.3) is 0 Å². The van der Waals surface area contributed by atoms with Gasteiger partial charge >= 0.3 is 0 Å². The molecule has 2 saturated heterocycles. The number of hydrogen-bond acceptors (Lipinski definition) is 5. The van der Waals surface area contributed by atoms with Gasteiger partial charge in [0.1, 0.15) is 0 Å². The second-order valence-corrected chi connectivity index (χ2v) is 7.39. The summed E-state index contributed by atoms with van der Waals surface area (Å²) in [5.41, 5.74) is 1.12. The van der Waals surface area contributed by atoms with Crippen molar-refractivity contribution in [2.24, 2.45) is 7.05 Å². The molecule has 7 heteroatoms. The molecule has 1 N–H and O–H groups in total. The van der Waals surface area contributed by atoms with Crippen LogP contribution in [0.5, 0.6) is 0 Å². The second-order valence-electron chi connectivity index (χ2n) is 7.39. The number of likely N-dealkylation sites (tertiary alicyclic amines) is 1. The van der Waals surface area contributed by atoms with Gasteiger partial charge in [0.25, 0.3) is 5.91 Å². The highest BCUT2D eigenvalue weighted by Gasteiger charge is 2.40. The number of furan rings is 1. The van der Waals surface area contributed by atoms with Crippen molar-refractivity contribution in [3.63, 3.8) is 0 Å². The number of amides is 1. The van der Waals surface area contributed by atoms with E-state index < -0.39 is 0 Å². The van der Waals surface area contributed by atoms with E-state index in [4.69, 9.17) is 9.15 Å². The largest absolute Gasteiger partial charge is 0.459 e. The molecule has 140 valence electrons. The highest BCUT2D eigenvalue weighted by molar-refractivity contribution is 5.91.